The van der Waals surface area contributed by atoms with Crippen molar-refractivity contribution >= 4 is 5.97 Å². The summed E-state index contributed by atoms with van der Waals surface area (Å²) in [6, 6.07) is -1.19. The zero-order valence-electron chi connectivity index (χ0n) is 7.69. The first kappa shape index (κ1) is 11.4. The number of carbonyl (C=O) groups is 1. The largest absolute Gasteiger partial charge is 0.480 e. The molecule has 12 heavy (non-hydrogen) atoms. The number of rotatable bonds is 4. The Morgan fingerprint density at radius 3 is 2.17 bits per heavy atom. The van der Waals surface area contributed by atoms with Crippen LogP contribution < -0.4 is 5.73 Å². The van der Waals surface area contributed by atoms with Gasteiger partial charge in [0.05, 0.1) is 21.1 Å². The minimum atomic E-state index is -1.19. The molecule has 0 aliphatic heterocycles. The third-order valence-corrected chi connectivity index (χ3v) is 1.43. The number of hydrogen-bond acceptors (Lipinski definition) is 3. The van der Waals surface area contributed by atoms with Crippen LogP contribution in [0.5, 0.6) is 0 Å². The molecule has 5 heteroatoms. The Balaban J connectivity index is 4.04. The van der Waals surface area contributed by atoms with Crippen LogP contribution >= 0.6 is 0 Å². The molecule has 0 heterocycles. The first-order valence-corrected chi connectivity index (χ1v) is 3.71. The molecule has 0 aliphatic rings. The molecule has 72 valence electrons. The first-order valence-electron chi connectivity index (χ1n) is 3.71. The van der Waals surface area contributed by atoms with Crippen molar-refractivity contribution in [2.24, 2.45) is 5.73 Å². The Bertz CT molecular complexity index is 165. The van der Waals surface area contributed by atoms with Crippen LogP contribution in [-0.2, 0) is 4.79 Å². The van der Waals surface area contributed by atoms with E-state index in [-0.39, 0.29) is 0 Å². The summed E-state index contributed by atoms with van der Waals surface area (Å²) in [5.41, 5.74) is 5.21. The zero-order valence-corrected chi connectivity index (χ0v) is 7.69. The van der Waals surface area contributed by atoms with Crippen LogP contribution in [0.2, 0.25) is 0 Å². The second-order valence-corrected chi connectivity index (χ2v) is 3.90. The maximum absolute atomic E-state index is 10.3. The molecule has 0 spiro atoms. The lowest BCUT2D eigenvalue weighted by Gasteiger charge is -2.27. The molecule has 5 nitrogen and oxygen atoms in total. The van der Waals surface area contributed by atoms with E-state index in [2.05, 4.69) is 0 Å². The van der Waals surface area contributed by atoms with E-state index in [1.165, 1.54) is 0 Å². The molecule has 0 aromatic rings. The molecule has 2 atom stereocenters. The van der Waals surface area contributed by atoms with E-state index in [0.717, 1.165) is 0 Å². The van der Waals surface area contributed by atoms with E-state index in [1.54, 1.807) is 0 Å². The predicted molar refractivity (Wildman–Crippen MR) is 44.5 cm³/mol. The van der Waals surface area contributed by atoms with Gasteiger partial charge in [-0.25, -0.2) is 0 Å². The van der Waals surface area contributed by atoms with Gasteiger partial charge in [-0.1, -0.05) is 0 Å². The van der Waals surface area contributed by atoms with E-state index in [4.69, 9.17) is 10.8 Å². The molecule has 4 N–H and O–H groups in total. The maximum Gasteiger partial charge on any atom is 0.323 e. The van der Waals surface area contributed by atoms with E-state index < -0.39 is 18.1 Å². The molecular weight excluding hydrogens is 160 g/mol. The van der Waals surface area contributed by atoms with Gasteiger partial charge < -0.3 is 20.4 Å². The van der Waals surface area contributed by atoms with Crippen LogP contribution in [0, 0.1) is 0 Å². The number of carboxylic acids is 1. The molecule has 0 aliphatic carbocycles. The van der Waals surface area contributed by atoms with Gasteiger partial charge in [-0.05, 0) is 0 Å². The molecular formula is C7H17N2O3+. The van der Waals surface area contributed by atoms with Gasteiger partial charge in [-0.3, -0.25) is 4.79 Å². The molecule has 0 fully saturated rings. The first-order chi connectivity index (χ1) is 5.24. The second kappa shape index (κ2) is 3.84. The number of quaternary nitrogens is 1. The van der Waals surface area contributed by atoms with Gasteiger partial charge in [-0.15, -0.1) is 0 Å². The van der Waals surface area contributed by atoms with Crippen molar-refractivity contribution in [3.05, 3.63) is 0 Å². The highest BCUT2D eigenvalue weighted by molar-refractivity contribution is 5.73. The fourth-order valence-corrected chi connectivity index (χ4v) is 0.839. The van der Waals surface area contributed by atoms with E-state index in [1.807, 2.05) is 21.1 Å². The maximum atomic E-state index is 10.3. The number of aliphatic hydroxyl groups is 1. The quantitative estimate of drug-likeness (QED) is 0.455. The van der Waals surface area contributed by atoms with Crippen LogP contribution in [-0.4, -0.2) is 60.5 Å². The third-order valence-electron chi connectivity index (χ3n) is 1.43. The summed E-state index contributed by atoms with van der Waals surface area (Å²) >= 11 is 0. The fourth-order valence-electron chi connectivity index (χ4n) is 0.839. The van der Waals surface area contributed by atoms with Gasteiger partial charge in [0.25, 0.3) is 0 Å². The molecule has 0 unspecified atom stereocenters. The lowest BCUT2D eigenvalue weighted by atomic mass is 10.1. The summed E-state index contributed by atoms with van der Waals surface area (Å²) in [6.07, 6.45) is -0.998. The summed E-state index contributed by atoms with van der Waals surface area (Å²) in [5, 5.41) is 17.8. The second-order valence-electron chi connectivity index (χ2n) is 3.90. The Labute approximate surface area is 72.0 Å². The number of aliphatic hydroxyl groups excluding tert-OH is 1. The molecule has 0 bridgehead atoms. The smallest absolute Gasteiger partial charge is 0.323 e. The zero-order chi connectivity index (χ0) is 9.94. The molecule has 0 rings (SSSR count). The minimum absolute atomic E-state index is 0.327. The molecule has 0 amide bonds. The van der Waals surface area contributed by atoms with Crippen LogP contribution in [0.3, 0.4) is 0 Å². The SMILES string of the molecule is C[N+](C)(C)C[C@H](O)[C@@H](N)C(=O)O. The Kier molecular flexibility index (Phi) is 3.63. The van der Waals surface area contributed by atoms with Gasteiger partial charge in [0, 0.05) is 0 Å². The molecule has 0 saturated heterocycles. The van der Waals surface area contributed by atoms with E-state index in [0.29, 0.717) is 11.0 Å². The van der Waals surface area contributed by atoms with Gasteiger partial charge >= 0.3 is 5.97 Å². The minimum Gasteiger partial charge on any atom is -0.480 e. The average Bonchev–Trinajstić information content (AvgIpc) is 1.82. The van der Waals surface area contributed by atoms with Gasteiger partial charge in [0.1, 0.15) is 18.7 Å². The predicted octanol–water partition coefficient (Wildman–Crippen LogP) is -1.53. The van der Waals surface area contributed by atoms with E-state index >= 15 is 0 Å². The third kappa shape index (κ3) is 4.27. The van der Waals surface area contributed by atoms with Gasteiger partial charge in [0.15, 0.2) is 0 Å². The number of nitrogens with zero attached hydrogens (tertiary/aromatic N) is 1. The van der Waals surface area contributed by atoms with Crippen molar-refractivity contribution in [2.45, 2.75) is 12.1 Å². The van der Waals surface area contributed by atoms with Crippen LogP contribution in [0.25, 0.3) is 0 Å². The Morgan fingerprint density at radius 1 is 1.50 bits per heavy atom. The normalized spacial score (nSPS) is 17.1. The average molecular weight is 177 g/mol. The number of aliphatic carboxylic acids is 1. The fraction of sp³-hybridized carbons (Fsp3) is 0.857. The van der Waals surface area contributed by atoms with Crippen molar-refractivity contribution in [1.82, 2.24) is 0 Å². The summed E-state index contributed by atoms with van der Waals surface area (Å²) < 4.78 is 0.488. The highest BCUT2D eigenvalue weighted by atomic mass is 16.4. The Morgan fingerprint density at radius 2 is 1.92 bits per heavy atom. The van der Waals surface area contributed by atoms with Crippen molar-refractivity contribution in [2.75, 3.05) is 27.7 Å². The van der Waals surface area contributed by atoms with Crippen LogP contribution in [0.1, 0.15) is 0 Å². The highest BCUT2D eigenvalue weighted by Crippen LogP contribution is 1.98. The number of nitrogens with two attached hydrogens (primary N) is 1. The van der Waals surface area contributed by atoms with Crippen molar-refractivity contribution in [3.63, 3.8) is 0 Å². The molecule has 0 radical (unpaired) electrons. The molecule has 0 saturated carbocycles. The lowest BCUT2D eigenvalue weighted by molar-refractivity contribution is -0.873. The number of carboxylic acid groups (broad SMARTS) is 1. The lowest BCUT2D eigenvalue weighted by Crippen LogP contribution is -2.51. The molecule has 0 aromatic heterocycles. The van der Waals surface area contributed by atoms with Gasteiger partial charge in [0.2, 0.25) is 0 Å². The van der Waals surface area contributed by atoms with Crippen molar-refractivity contribution < 1.29 is 19.5 Å². The van der Waals surface area contributed by atoms with Crippen LogP contribution in [0.15, 0.2) is 0 Å². The van der Waals surface area contributed by atoms with Crippen molar-refractivity contribution in [3.8, 4) is 0 Å². The van der Waals surface area contributed by atoms with E-state index in [9.17, 15) is 9.90 Å². The topological polar surface area (TPSA) is 83.5 Å². The Hall–Kier alpha value is -0.650. The van der Waals surface area contributed by atoms with Crippen LogP contribution in [0.4, 0.5) is 0 Å². The number of likely N-dealkylation sites (N-methyl/N-ethyl adjacent to an activating group) is 1. The standard InChI is InChI=1S/C7H16N2O3/c1-9(2,3)4-5(10)6(8)7(11)12/h5-6,10H,4,8H2,1-3H3/p+1/t5-,6+/m0/s1. The van der Waals surface area contributed by atoms with Gasteiger partial charge in [-0.2, -0.15) is 0 Å². The highest BCUT2D eigenvalue weighted by Gasteiger charge is 2.26. The summed E-state index contributed by atoms with van der Waals surface area (Å²) in [4.78, 5) is 10.3. The monoisotopic (exact) mass is 177 g/mol. The summed E-state index contributed by atoms with van der Waals surface area (Å²) in [6.45, 7) is 0.327. The number of hydrogen-bond donors (Lipinski definition) is 3. The summed E-state index contributed by atoms with van der Waals surface area (Å²) in [5.74, 6) is -1.17. The molecule has 0 aromatic carbocycles. The van der Waals surface area contributed by atoms with Crippen molar-refractivity contribution in [1.29, 1.82) is 0 Å². The summed E-state index contributed by atoms with van der Waals surface area (Å²) in [7, 11) is 5.58.